The van der Waals surface area contributed by atoms with Crippen molar-refractivity contribution in [1.29, 1.82) is 0 Å². The van der Waals surface area contributed by atoms with Crippen molar-refractivity contribution in [3.05, 3.63) is 53.7 Å². The van der Waals surface area contributed by atoms with E-state index in [2.05, 4.69) is 25.9 Å². The maximum atomic E-state index is 13.0. The van der Waals surface area contributed by atoms with Gasteiger partial charge in [0.15, 0.2) is 5.96 Å². The van der Waals surface area contributed by atoms with Crippen molar-refractivity contribution >= 4 is 23.4 Å². The zero-order valence-electron chi connectivity index (χ0n) is 17.2. The number of anilines is 2. The van der Waals surface area contributed by atoms with Crippen LogP contribution in [-0.2, 0) is 17.5 Å². The number of rotatable bonds is 7. The molecule has 0 saturated carbocycles. The Kier molecular flexibility index (Phi) is 7.32. The van der Waals surface area contributed by atoms with Gasteiger partial charge in [-0.3, -0.25) is 9.79 Å². The van der Waals surface area contributed by atoms with Crippen LogP contribution in [0.5, 0.6) is 0 Å². The van der Waals surface area contributed by atoms with Crippen LogP contribution in [0.1, 0.15) is 24.0 Å². The summed E-state index contributed by atoms with van der Waals surface area (Å²) < 4.78 is 39.0. The molecule has 0 radical (unpaired) electrons. The van der Waals surface area contributed by atoms with Gasteiger partial charge >= 0.3 is 6.18 Å². The van der Waals surface area contributed by atoms with Gasteiger partial charge in [0.25, 0.3) is 0 Å². The van der Waals surface area contributed by atoms with Crippen LogP contribution in [0.25, 0.3) is 0 Å². The van der Waals surface area contributed by atoms with Crippen molar-refractivity contribution in [2.45, 2.75) is 25.6 Å². The number of aromatic nitrogens is 1. The summed E-state index contributed by atoms with van der Waals surface area (Å²) in [5, 5.41) is 8.90. The molecule has 3 N–H and O–H groups in total. The topological polar surface area (TPSA) is 81.7 Å². The fourth-order valence-electron chi connectivity index (χ4n) is 3.26. The van der Waals surface area contributed by atoms with Crippen LogP contribution in [0.3, 0.4) is 0 Å². The zero-order valence-corrected chi connectivity index (χ0v) is 17.2. The van der Waals surface area contributed by atoms with Crippen LogP contribution in [0.15, 0.2) is 47.6 Å². The number of carbonyl (C=O) groups excluding carboxylic acids is 1. The second kappa shape index (κ2) is 10.1. The molecule has 1 aliphatic rings. The number of alkyl halides is 3. The average Bonchev–Trinajstić information content (AvgIpc) is 3.19. The van der Waals surface area contributed by atoms with E-state index < -0.39 is 11.7 Å². The number of nitrogens with one attached hydrogen (secondary N) is 3. The third-order valence-corrected chi connectivity index (χ3v) is 4.83. The van der Waals surface area contributed by atoms with E-state index in [1.165, 1.54) is 12.3 Å². The first-order valence-corrected chi connectivity index (χ1v) is 9.98. The maximum absolute atomic E-state index is 13.0. The molecule has 166 valence electrons. The Bertz CT molecular complexity index is 914. The van der Waals surface area contributed by atoms with Crippen molar-refractivity contribution in [1.82, 2.24) is 15.6 Å². The molecule has 0 atom stereocenters. The van der Waals surface area contributed by atoms with E-state index in [0.29, 0.717) is 25.5 Å². The minimum atomic E-state index is -4.46. The predicted octanol–water partition coefficient (Wildman–Crippen LogP) is 3.00. The van der Waals surface area contributed by atoms with Gasteiger partial charge in [0.1, 0.15) is 5.82 Å². The average molecular weight is 434 g/mol. The molecule has 7 nitrogen and oxygen atoms in total. The molecule has 1 aromatic heterocycles. The van der Waals surface area contributed by atoms with Gasteiger partial charge in [-0.1, -0.05) is 12.1 Å². The molecule has 3 rings (SSSR count). The molecular weight excluding hydrogens is 409 g/mol. The molecule has 1 saturated heterocycles. The van der Waals surface area contributed by atoms with E-state index >= 15 is 0 Å². The highest BCUT2D eigenvalue weighted by molar-refractivity contribution is 5.95. The normalized spacial score (nSPS) is 14.6. The molecule has 0 aliphatic carbocycles. The summed E-state index contributed by atoms with van der Waals surface area (Å²) in [6.45, 7) is 1.85. The number of carbonyl (C=O) groups is 1. The fourth-order valence-corrected chi connectivity index (χ4v) is 3.26. The van der Waals surface area contributed by atoms with Crippen molar-refractivity contribution < 1.29 is 18.0 Å². The lowest BCUT2D eigenvalue weighted by atomic mass is 10.2. The van der Waals surface area contributed by atoms with Gasteiger partial charge in [-0.25, -0.2) is 4.98 Å². The molecule has 0 spiro atoms. The van der Waals surface area contributed by atoms with E-state index in [1.54, 1.807) is 11.9 Å². The van der Waals surface area contributed by atoms with Gasteiger partial charge in [0.05, 0.1) is 5.56 Å². The Morgan fingerprint density at radius 3 is 2.58 bits per heavy atom. The summed E-state index contributed by atoms with van der Waals surface area (Å²) in [6.07, 6.45) is -1.66. The Labute approximate surface area is 178 Å². The van der Waals surface area contributed by atoms with Crippen LogP contribution in [0.4, 0.5) is 24.7 Å². The molecule has 1 aliphatic heterocycles. The summed E-state index contributed by atoms with van der Waals surface area (Å²) in [5.41, 5.74) is 1.11. The van der Waals surface area contributed by atoms with Crippen molar-refractivity contribution in [2.75, 3.05) is 36.9 Å². The summed E-state index contributed by atoms with van der Waals surface area (Å²) in [6, 6.07) is 9.99. The second-order valence-electron chi connectivity index (χ2n) is 6.99. The summed E-state index contributed by atoms with van der Waals surface area (Å²) >= 11 is 0. The Hall–Kier alpha value is -3.30. The number of pyridine rings is 1. The molecule has 1 aromatic carbocycles. The van der Waals surface area contributed by atoms with Crippen LogP contribution in [-0.4, -0.2) is 43.5 Å². The maximum Gasteiger partial charge on any atom is 0.419 e. The summed E-state index contributed by atoms with van der Waals surface area (Å²) in [7, 11) is 1.62. The number of amides is 1. The lowest BCUT2D eigenvalue weighted by Crippen LogP contribution is -2.39. The Balaban J connectivity index is 1.44. The van der Waals surface area contributed by atoms with Crippen LogP contribution < -0.4 is 20.9 Å². The number of hydrogen-bond donors (Lipinski definition) is 3. The van der Waals surface area contributed by atoms with E-state index in [0.717, 1.165) is 30.3 Å². The molecule has 31 heavy (non-hydrogen) atoms. The Morgan fingerprint density at radius 2 is 1.94 bits per heavy atom. The second-order valence-corrected chi connectivity index (χ2v) is 6.99. The lowest BCUT2D eigenvalue weighted by Gasteiger charge is -2.17. The van der Waals surface area contributed by atoms with Crippen LogP contribution >= 0.6 is 0 Å². The molecule has 1 fully saturated rings. The van der Waals surface area contributed by atoms with E-state index in [9.17, 15) is 18.0 Å². The van der Waals surface area contributed by atoms with Gasteiger partial charge < -0.3 is 20.9 Å². The quantitative estimate of drug-likeness (QED) is 0.355. The van der Waals surface area contributed by atoms with Crippen LogP contribution in [0, 0.1) is 0 Å². The highest BCUT2D eigenvalue weighted by atomic mass is 19.4. The van der Waals surface area contributed by atoms with E-state index in [4.69, 9.17) is 0 Å². The van der Waals surface area contributed by atoms with Crippen molar-refractivity contribution in [2.24, 2.45) is 4.99 Å². The lowest BCUT2D eigenvalue weighted by molar-refractivity contribution is -0.137. The Morgan fingerprint density at radius 1 is 1.16 bits per heavy atom. The smallest absolute Gasteiger partial charge is 0.368 e. The standard InChI is InChI=1S/C21H25F3N6O/c1-25-20(28-12-11-27-19-17(21(22,23)24)4-2-10-26-19)29-14-15-6-8-16(9-7-15)30-13-3-5-18(30)31/h2,4,6-10H,3,5,11-14H2,1H3,(H,26,27)(H2,25,28,29). The molecular formula is C21H25F3N6O. The molecule has 2 aromatic rings. The SMILES string of the molecule is CN=C(NCCNc1ncccc1C(F)(F)F)NCc1ccc(N2CCCC2=O)cc1. The number of hydrogen-bond acceptors (Lipinski definition) is 4. The monoisotopic (exact) mass is 434 g/mol. The zero-order chi connectivity index (χ0) is 22.3. The first-order valence-electron chi connectivity index (χ1n) is 9.98. The third-order valence-electron chi connectivity index (χ3n) is 4.83. The van der Waals surface area contributed by atoms with Crippen LogP contribution in [0.2, 0.25) is 0 Å². The van der Waals surface area contributed by atoms with Gasteiger partial charge in [-0.15, -0.1) is 0 Å². The number of benzene rings is 1. The first-order chi connectivity index (χ1) is 14.9. The summed E-state index contributed by atoms with van der Waals surface area (Å²) in [5.74, 6) is 0.478. The number of guanidine groups is 1. The predicted molar refractivity (Wildman–Crippen MR) is 114 cm³/mol. The minimum Gasteiger partial charge on any atom is -0.368 e. The van der Waals surface area contributed by atoms with Crippen molar-refractivity contribution in [3.63, 3.8) is 0 Å². The summed E-state index contributed by atoms with van der Waals surface area (Å²) in [4.78, 5) is 21.5. The molecule has 0 bridgehead atoms. The van der Waals surface area contributed by atoms with Gasteiger partial charge in [-0.2, -0.15) is 13.2 Å². The van der Waals surface area contributed by atoms with E-state index in [1.807, 2.05) is 24.3 Å². The molecule has 2 heterocycles. The highest BCUT2D eigenvalue weighted by Crippen LogP contribution is 2.33. The number of nitrogens with zero attached hydrogens (tertiary/aromatic N) is 3. The highest BCUT2D eigenvalue weighted by Gasteiger charge is 2.33. The fraction of sp³-hybridized carbons (Fsp3) is 0.381. The van der Waals surface area contributed by atoms with Gasteiger partial charge in [0.2, 0.25) is 5.91 Å². The molecule has 0 unspecified atom stereocenters. The van der Waals surface area contributed by atoms with Gasteiger partial charge in [0, 0.05) is 51.5 Å². The first kappa shape index (κ1) is 22.4. The van der Waals surface area contributed by atoms with Crippen molar-refractivity contribution in [3.8, 4) is 0 Å². The molecule has 1 amide bonds. The van der Waals surface area contributed by atoms with E-state index in [-0.39, 0.29) is 18.3 Å². The number of aliphatic imine (C=N–C) groups is 1. The van der Waals surface area contributed by atoms with Gasteiger partial charge in [-0.05, 0) is 36.2 Å². The largest absolute Gasteiger partial charge is 0.419 e. The third kappa shape index (κ3) is 6.09. The number of halogens is 3. The minimum absolute atomic E-state index is 0.150. The molecule has 10 heteroatoms.